The lowest BCUT2D eigenvalue weighted by molar-refractivity contribution is -0.135. The maximum absolute atomic E-state index is 11.2. The van der Waals surface area contributed by atoms with Gasteiger partial charge in [0.25, 0.3) is 0 Å². The molecule has 0 saturated carbocycles. The first-order valence-corrected chi connectivity index (χ1v) is 4.52. The Bertz CT molecular complexity index is 406. The predicted molar refractivity (Wildman–Crippen MR) is 56.5 cm³/mol. The molecule has 6 heteroatoms. The lowest BCUT2D eigenvalue weighted by Gasteiger charge is -2.15. The van der Waals surface area contributed by atoms with Crippen molar-refractivity contribution in [3.8, 4) is 0 Å². The number of pyridine rings is 1. The van der Waals surface area contributed by atoms with Crippen LogP contribution in [0.15, 0.2) is 18.3 Å². The maximum Gasteiger partial charge on any atom is 0.338 e. The van der Waals surface area contributed by atoms with E-state index in [0.29, 0.717) is 11.4 Å². The molecule has 16 heavy (non-hydrogen) atoms. The van der Waals surface area contributed by atoms with Crippen molar-refractivity contribution in [1.82, 2.24) is 4.98 Å². The Morgan fingerprint density at radius 2 is 2.25 bits per heavy atom. The molecule has 0 radical (unpaired) electrons. The number of carboxylic acid groups (broad SMARTS) is 1. The molecule has 1 aromatic rings. The number of esters is 1. The van der Waals surface area contributed by atoms with Crippen molar-refractivity contribution in [2.45, 2.75) is 0 Å². The number of carbonyl (C=O) groups excluding carboxylic acids is 1. The van der Waals surface area contributed by atoms with E-state index in [4.69, 9.17) is 5.11 Å². The largest absolute Gasteiger partial charge is 0.480 e. The van der Waals surface area contributed by atoms with Gasteiger partial charge in [-0.1, -0.05) is 0 Å². The molecule has 86 valence electrons. The first-order valence-electron chi connectivity index (χ1n) is 4.52. The highest BCUT2D eigenvalue weighted by Crippen LogP contribution is 2.11. The molecule has 0 saturated heterocycles. The van der Waals surface area contributed by atoms with E-state index in [2.05, 4.69) is 9.72 Å². The van der Waals surface area contributed by atoms with Crippen LogP contribution in [0.4, 0.5) is 5.82 Å². The summed E-state index contributed by atoms with van der Waals surface area (Å²) in [7, 11) is 2.86. The second-order valence-electron chi connectivity index (χ2n) is 3.14. The molecule has 0 spiro atoms. The first kappa shape index (κ1) is 12.0. The lowest BCUT2D eigenvalue weighted by Crippen LogP contribution is -2.26. The van der Waals surface area contributed by atoms with Gasteiger partial charge < -0.3 is 14.7 Å². The Morgan fingerprint density at radius 3 is 2.81 bits per heavy atom. The molecule has 1 heterocycles. The van der Waals surface area contributed by atoms with Crippen molar-refractivity contribution >= 4 is 17.8 Å². The van der Waals surface area contributed by atoms with Crippen LogP contribution in [0.5, 0.6) is 0 Å². The summed E-state index contributed by atoms with van der Waals surface area (Å²) in [5.74, 6) is -1.04. The lowest BCUT2D eigenvalue weighted by atomic mass is 10.2. The number of aliphatic carboxylic acids is 1. The van der Waals surface area contributed by atoms with Crippen molar-refractivity contribution in [2.24, 2.45) is 0 Å². The van der Waals surface area contributed by atoms with E-state index in [-0.39, 0.29) is 6.54 Å². The van der Waals surface area contributed by atoms with Gasteiger partial charge in [0, 0.05) is 13.2 Å². The van der Waals surface area contributed by atoms with E-state index in [1.807, 2.05) is 0 Å². The van der Waals surface area contributed by atoms with Crippen LogP contribution in [-0.2, 0) is 9.53 Å². The van der Waals surface area contributed by atoms with Gasteiger partial charge in [0.1, 0.15) is 12.4 Å². The number of likely N-dealkylation sites (N-methyl/N-ethyl adjacent to an activating group) is 1. The molecule has 0 aromatic carbocycles. The average Bonchev–Trinajstić information content (AvgIpc) is 2.27. The highest BCUT2D eigenvalue weighted by molar-refractivity contribution is 5.90. The van der Waals surface area contributed by atoms with Gasteiger partial charge in [-0.2, -0.15) is 0 Å². The van der Waals surface area contributed by atoms with Gasteiger partial charge in [0.2, 0.25) is 0 Å². The number of hydrogen-bond acceptors (Lipinski definition) is 5. The van der Waals surface area contributed by atoms with Crippen molar-refractivity contribution in [3.05, 3.63) is 23.9 Å². The molecule has 0 aliphatic rings. The number of carbonyl (C=O) groups is 2. The normalized spacial score (nSPS) is 9.62. The van der Waals surface area contributed by atoms with E-state index >= 15 is 0 Å². The minimum Gasteiger partial charge on any atom is -0.480 e. The molecule has 6 nitrogen and oxygen atoms in total. The molecule has 1 rings (SSSR count). The third-order valence-corrected chi connectivity index (χ3v) is 1.93. The van der Waals surface area contributed by atoms with Crippen molar-refractivity contribution in [3.63, 3.8) is 0 Å². The fourth-order valence-electron chi connectivity index (χ4n) is 1.16. The summed E-state index contributed by atoms with van der Waals surface area (Å²) in [5, 5.41) is 8.61. The monoisotopic (exact) mass is 224 g/mol. The smallest absolute Gasteiger partial charge is 0.338 e. The number of anilines is 1. The maximum atomic E-state index is 11.2. The second-order valence-corrected chi connectivity index (χ2v) is 3.14. The summed E-state index contributed by atoms with van der Waals surface area (Å²) < 4.78 is 4.55. The standard InChI is InChI=1S/C10H12N2O4/c1-12(6-9(13)14)8-5-7(3-4-11-8)10(15)16-2/h3-5H,6H2,1-2H3,(H,13,14). The molecule has 0 aliphatic heterocycles. The van der Waals surface area contributed by atoms with Crippen LogP contribution in [-0.4, -0.2) is 42.7 Å². The third-order valence-electron chi connectivity index (χ3n) is 1.93. The summed E-state index contributed by atoms with van der Waals surface area (Å²) >= 11 is 0. The minimum atomic E-state index is -0.965. The topological polar surface area (TPSA) is 79.7 Å². The van der Waals surface area contributed by atoms with Crippen molar-refractivity contribution in [1.29, 1.82) is 0 Å². The Labute approximate surface area is 92.5 Å². The van der Waals surface area contributed by atoms with E-state index in [1.54, 1.807) is 7.05 Å². The third kappa shape index (κ3) is 2.94. The van der Waals surface area contributed by atoms with E-state index in [1.165, 1.54) is 30.3 Å². The number of ether oxygens (including phenoxy) is 1. The minimum absolute atomic E-state index is 0.183. The van der Waals surface area contributed by atoms with Crippen molar-refractivity contribution < 1.29 is 19.4 Å². The SMILES string of the molecule is COC(=O)c1ccnc(N(C)CC(=O)O)c1. The van der Waals surface area contributed by atoms with E-state index in [9.17, 15) is 9.59 Å². The summed E-state index contributed by atoms with van der Waals surface area (Å²) in [6.45, 7) is -0.183. The van der Waals surface area contributed by atoms with Gasteiger partial charge in [-0.05, 0) is 12.1 Å². The predicted octanol–water partition coefficient (Wildman–Crippen LogP) is 0.389. The number of aromatic nitrogens is 1. The number of rotatable bonds is 4. The Kier molecular flexibility index (Phi) is 3.82. The molecule has 0 atom stereocenters. The van der Waals surface area contributed by atoms with Crippen LogP contribution in [0, 0.1) is 0 Å². The van der Waals surface area contributed by atoms with Crippen LogP contribution in [0.25, 0.3) is 0 Å². The van der Waals surface area contributed by atoms with Crippen LogP contribution in [0.2, 0.25) is 0 Å². The molecule has 1 aromatic heterocycles. The number of carboxylic acids is 1. The molecule has 0 amide bonds. The van der Waals surface area contributed by atoms with E-state index in [0.717, 1.165) is 0 Å². The zero-order valence-corrected chi connectivity index (χ0v) is 9.01. The van der Waals surface area contributed by atoms with Gasteiger partial charge in [0.15, 0.2) is 0 Å². The van der Waals surface area contributed by atoms with Crippen LogP contribution < -0.4 is 4.90 Å². The molecule has 0 unspecified atom stereocenters. The Balaban J connectivity index is 2.89. The van der Waals surface area contributed by atoms with Gasteiger partial charge in [0.05, 0.1) is 12.7 Å². The fourth-order valence-corrected chi connectivity index (χ4v) is 1.16. The summed E-state index contributed by atoms with van der Waals surface area (Å²) in [5.41, 5.74) is 0.338. The molecular weight excluding hydrogens is 212 g/mol. The van der Waals surface area contributed by atoms with Gasteiger partial charge in [-0.25, -0.2) is 9.78 Å². The number of hydrogen-bond donors (Lipinski definition) is 1. The van der Waals surface area contributed by atoms with Crippen LogP contribution in [0.3, 0.4) is 0 Å². The Morgan fingerprint density at radius 1 is 1.56 bits per heavy atom. The second kappa shape index (κ2) is 5.11. The summed E-state index contributed by atoms with van der Waals surface area (Å²) in [4.78, 5) is 27.1. The van der Waals surface area contributed by atoms with Gasteiger partial charge in [-0.15, -0.1) is 0 Å². The number of methoxy groups -OCH3 is 1. The molecule has 1 N–H and O–H groups in total. The fraction of sp³-hybridized carbons (Fsp3) is 0.300. The van der Waals surface area contributed by atoms with Crippen LogP contribution >= 0.6 is 0 Å². The van der Waals surface area contributed by atoms with Gasteiger partial charge in [-0.3, -0.25) is 4.79 Å². The van der Waals surface area contributed by atoms with Crippen molar-refractivity contribution in [2.75, 3.05) is 25.6 Å². The van der Waals surface area contributed by atoms with Crippen LogP contribution in [0.1, 0.15) is 10.4 Å². The molecule has 0 bridgehead atoms. The zero-order chi connectivity index (χ0) is 12.1. The first-order chi connectivity index (χ1) is 7.54. The highest BCUT2D eigenvalue weighted by atomic mass is 16.5. The molecule has 0 fully saturated rings. The summed E-state index contributed by atoms with van der Waals surface area (Å²) in [6.07, 6.45) is 1.43. The van der Waals surface area contributed by atoms with E-state index < -0.39 is 11.9 Å². The molecule has 0 aliphatic carbocycles. The Hall–Kier alpha value is -2.11. The number of nitrogens with zero attached hydrogens (tertiary/aromatic N) is 2. The molecular formula is C10H12N2O4. The average molecular weight is 224 g/mol. The zero-order valence-electron chi connectivity index (χ0n) is 9.01. The van der Waals surface area contributed by atoms with Gasteiger partial charge >= 0.3 is 11.9 Å². The quantitative estimate of drug-likeness (QED) is 0.745. The summed E-state index contributed by atoms with van der Waals surface area (Å²) in [6, 6.07) is 2.98. The highest BCUT2D eigenvalue weighted by Gasteiger charge is 2.10.